The lowest BCUT2D eigenvalue weighted by Crippen LogP contribution is -2.46. The number of likely N-dealkylation sites (tertiary alicyclic amines) is 1. The Morgan fingerprint density at radius 3 is 1.93 bits per heavy atom. The molecule has 1 atom stereocenters. The largest absolute Gasteiger partial charge is 0.341 e. The molecule has 2 aliphatic rings. The summed E-state index contributed by atoms with van der Waals surface area (Å²) in [6.45, 7) is 2.08. The highest BCUT2D eigenvalue weighted by Crippen LogP contribution is 2.40. The van der Waals surface area contributed by atoms with Gasteiger partial charge in [-0.2, -0.15) is 0 Å². The lowest BCUT2D eigenvalue weighted by molar-refractivity contribution is 0.338. The molecular formula is C25H25ClN4. The number of halogens is 1. The van der Waals surface area contributed by atoms with Gasteiger partial charge in [-0.1, -0.05) is 60.1 Å². The van der Waals surface area contributed by atoms with Gasteiger partial charge in [0.25, 0.3) is 0 Å². The molecule has 0 bridgehead atoms. The van der Waals surface area contributed by atoms with E-state index in [1.165, 1.54) is 19.3 Å². The second-order valence-electron chi connectivity index (χ2n) is 7.76. The van der Waals surface area contributed by atoms with Crippen molar-refractivity contribution >= 4 is 28.9 Å². The molecule has 0 spiro atoms. The minimum Gasteiger partial charge on any atom is -0.341 e. The molecule has 3 aromatic rings. The number of nitrogens with zero attached hydrogens (tertiary/aromatic N) is 4. The third kappa shape index (κ3) is 3.63. The SMILES string of the molecule is Clc1ccc(C2N(c3ccccc3)N=C(N3CCCCC3)N2c2ccccc2)cc1. The highest BCUT2D eigenvalue weighted by Gasteiger charge is 2.39. The Balaban J connectivity index is 1.65. The molecule has 1 saturated heterocycles. The van der Waals surface area contributed by atoms with Gasteiger partial charge in [0.1, 0.15) is 0 Å². The van der Waals surface area contributed by atoms with Crippen LogP contribution in [0.1, 0.15) is 31.0 Å². The summed E-state index contributed by atoms with van der Waals surface area (Å²) in [7, 11) is 0. The average molecular weight is 417 g/mol. The number of guanidine groups is 1. The summed E-state index contributed by atoms with van der Waals surface area (Å²) in [5.74, 6) is 1.02. The van der Waals surface area contributed by atoms with E-state index in [0.717, 1.165) is 41.0 Å². The number of hydrogen-bond acceptors (Lipinski definition) is 4. The summed E-state index contributed by atoms with van der Waals surface area (Å²) < 4.78 is 0. The molecule has 5 rings (SSSR count). The number of anilines is 2. The van der Waals surface area contributed by atoms with Gasteiger partial charge in [0.2, 0.25) is 5.96 Å². The zero-order chi connectivity index (χ0) is 20.3. The van der Waals surface area contributed by atoms with Crippen molar-refractivity contribution in [1.29, 1.82) is 0 Å². The molecule has 0 aromatic heterocycles. The minimum atomic E-state index is -0.0796. The quantitative estimate of drug-likeness (QED) is 0.513. The number of piperidine rings is 1. The highest BCUT2D eigenvalue weighted by atomic mass is 35.5. The van der Waals surface area contributed by atoms with Crippen LogP contribution in [0.3, 0.4) is 0 Å². The summed E-state index contributed by atoms with van der Waals surface area (Å²) in [6, 6.07) is 29.1. The number of hydrogen-bond donors (Lipinski definition) is 0. The lowest BCUT2D eigenvalue weighted by Gasteiger charge is -2.36. The predicted octanol–water partition coefficient (Wildman–Crippen LogP) is 6.12. The Labute approximate surface area is 183 Å². The van der Waals surface area contributed by atoms with E-state index in [9.17, 15) is 0 Å². The molecular weight excluding hydrogens is 392 g/mol. The van der Waals surface area contributed by atoms with Gasteiger partial charge in [0.15, 0.2) is 6.17 Å². The Morgan fingerprint density at radius 1 is 0.700 bits per heavy atom. The van der Waals surface area contributed by atoms with Crippen LogP contribution in [0.25, 0.3) is 0 Å². The number of benzene rings is 3. The summed E-state index contributed by atoms with van der Waals surface area (Å²) in [6.07, 6.45) is 3.62. The van der Waals surface area contributed by atoms with Gasteiger partial charge < -0.3 is 4.90 Å². The van der Waals surface area contributed by atoms with E-state index in [1.807, 2.05) is 18.2 Å². The van der Waals surface area contributed by atoms with Crippen molar-refractivity contribution in [3.63, 3.8) is 0 Å². The van der Waals surface area contributed by atoms with Crippen LogP contribution in [0.4, 0.5) is 11.4 Å². The molecule has 1 fully saturated rings. The fraction of sp³-hybridized carbons (Fsp3) is 0.240. The van der Waals surface area contributed by atoms with Crippen molar-refractivity contribution in [2.45, 2.75) is 25.4 Å². The fourth-order valence-electron chi connectivity index (χ4n) is 4.28. The monoisotopic (exact) mass is 416 g/mol. The molecule has 0 radical (unpaired) electrons. The van der Waals surface area contributed by atoms with Crippen molar-refractivity contribution in [3.8, 4) is 0 Å². The molecule has 4 nitrogen and oxygen atoms in total. The third-order valence-corrected chi connectivity index (χ3v) is 6.00. The predicted molar refractivity (Wildman–Crippen MR) is 125 cm³/mol. The molecule has 1 unspecified atom stereocenters. The van der Waals surface area contributed by atoms with Crippen molar-refractivity contribution in [2.24, 2.45) is 5.10 Å². The van der Waals surface area contributed by atoms with Crippen LogP contribution in [0.5, 0.6) is 0 Å². The number of hydrazone groups is 1. The van der Waals surface area contributed by atoms with Gasteiger partial charge >= 0.3 is 0 Å². The normalized spacial score (nSPS) is 19.2. The summed E-state index contributed by atoms with van der Waals surface area (Å²) in [5.41, 5.74) is 3.37. The van der Waals surface area contributed by atoms with Gasteiger partial charge in [0.05, 0.1) is 5.69 Å². The topological polar surface area (TPSA) is 22.1 Å². The standard InChI is InChI=1S/C25H25ClN4/c26-21-16-14-20(15-17-21)24-29(22-10-4-1-5-11-22)25(28-18-8-3-9-19-28)27-30(24)23-12-6-2-7-13-23/h1-2,4-7,10-17,24H,3,8-9,18-19H2. The smallest absolute Gasteiger partial charge is 0.226 e. The van der Waals surface area contributed by atoms with Crippen molar-refractivity contribution in [2.75, 3.05) is 23.0 Å². The maximum atomic E-state index is 6.21. The number of para-hydroxylation sites is 2. The van der Waals surface area contributed by atoms with Crippen LogP contribution in [0.15, 0.2) is 90.0 Å². The molecule has 0 aliphatic carbocycles. The molecule has 2 heterocycles. The minimum absolute atomic E-state index is 0.0796. The Morgan fingerprint density at radius 2 is 1.30 bits per heavy atom. The number of rotatable bonds is 3. The van der Waals surface area contributed by atoms with Crippen molar-refractivity contribution < 1.29 is 0 Å². The van der Waals surface area contributed by atoms with Crippen LogP contribution in [0, 0.1) is 0 Å². The summed E-state index contributed by atoms with van der Waals surface area (Å²) in [4.78, 5) is 4.80. The van der Waals surface area contributed by atoms with Crippen LogP contribution in [0.2, 0.25) is 5.02 Å². The highest BCUT2D eigenvalue weighted by molar-refractivity contribution is 6.30. The maximum Gasteiger partial charge on any atom is 0.226 e. The van der Waals surface area contributed by atoms with Gasteiger partial charge in [-0.05, 0) is 61.2 Å². The first-order valence-electron chi connectivity index (χ1n) is 10.6. The summed E-state index contributed by atoms with van der Waals surface area (Å²) in [5, 5.41) is 8.07. The molecule has 0 amide bonds. The van der Waals surface area contributed by atoms with Gasteiger partial charge in [-0.3, -0.25) is 4.90 Å². The first kappa shape index (κ1) is 19.0. The van der Waals surface area contributed by atoms with Crippen molar-refractivity contribution in [1.82, 2.24) is 4.90 Å². The average Bonchev–Trinajstić information content (AvgIpc) is 3.22. The van der Waals surface area contributed by atoms with Gasteiger partial charge in [0, 0.05) is 23.8 Å². The molecule has 0 N–H and O–H groups in total. The van der Waals surface area contributed by atoms with E-state index in [4.69, 9.17) is 16.7 Å². The Kier molecular flexibility index (Phi) is 5.33. The molecule has 152 valence electrons. The zero-order valence-corrected chi connectivity index (χ0v) is 17.6. The van der Waals surface area contributed by atoms with Gasteiger partial charge in [-0.25, -0.2) is 5.01 Å². The van der Waals surface area contributed by atoms with Crippen LogP contribution >= 0.6 is 11.6 Å². The lowest BCUT2D eigenvalue weighted by atomic mass is 10.1. The Hall–Kier alpha value is -2.98. The van der Waals surface area contributed by atoms with E-state index in [-0.39, 0.29) is 6.17 Å². The van der Waals surface area contributed by atoms with Gasteiger partial charge in [-0.15, -0.1) is 5.10 Å². The van der Waals surface area contributed by atoms with Crippen molar-refractivity contribution in [3.05, 3.63) is 95.5 Å². The van der Waals surface area contributed by atoms with E-state index < -0.39 is 0 Å². The van der Waals surface area contributed by atoms with Crippen LogP contribution < -0.4 is 9.91 Å². The fourth-order valence-corrected chi connectivity index (χ4v) is 4.40. The summed E-state index contributed by atoms with van der Waals surface area (Å²) >= 11 is 6.21. The van der Waals surface area contributed by atoms with E-state index in [2.05, 4.69) is 81.5 Å². The molecule has 3 aromatic carbocycles. The van der Waals surface area contributed by atoms with Crippen LogP contribution in [-0.4, -0.2) is 23.9 Å². The first-order chi connectivity index (χ1) is 14.8. The molecule has 5 heteroatoms. The first-order valence-corrected chi connectivity index (χ1v) is 11.0. The zero-order valence-electron chi connectivity index (χ0n) is 16.9. The molecule has 30 heavy (non-hydrogen) atoms. The second kappa shape index (κ2) is 8.41. The van der Waals surface area contributed by atoms with Crippen LogP contribution in [-0.2, 0) is 0 Å². The Bertz CT molecular complexity index is 998. The van der Waals surface area contributed by atoms with E-state index >= 15 is 0 Å². The molecule has 0 saturated carbocycles. The van der Waals surface area contributed by atoms with E-state index in [0.29, 0.717) is 0 Å². The van der Waals surface area contributed by atoms with E-state index in [1.54, 1.807) is 0 Å². The molecule has 2 aliphatic heterocycles. The third-order valence-electron chi connectivity index (χ3n) is 5.75. The second-order valence-corrected chi connectivity index (χ2v) is 8.20. The maximum absolute atomic E-state index is 6.21.